The van der Waals surface area contributed by atoms with E-state index in [4.69, 9.17) is 0 Å². The Hall–Kier alpha value is -4.17. The van der Waals surface area contributed by atoms with Crippen LogP contribution in [0.4, 0.5) is 5.69 Å². The average molecular weight is 481 g/mol. The molecule has 182 valence electrons. The van der Waals surface area contributed by atoms with E-state index in [9.17, 15) is 9.59 Å². The zero-order valence-electron chi connectivity index (χ0n) is 20.1. The Balaban J connectivity index is 1.24. The Morgan fingerprint density at radius 1 is 1.17 bits per heavy atom. The molecule has 1 aliphatic rings. The summed E-state index contributed by atoms with van der Waals surface area (Å²) in [5.74, 6) is 0.123. The van der Waals surface area contributed by atoms with Crippen molar-refractivity contribution in [1.29, 1.82) is 0 Å². The Bertz CT molecular complexity index is 1610. The number of aromatic amines is 2. The molecule has 6 rings (SSSR count). The number of carbonyl (C=O) groups is 1. The van der Waals surface area contributed by atoms with Gasteiger partial charge in [-0.3, -0.25) is 9.59 Å². The van der Waals surface area contributed by atoms with Gasteiger partial charge in [0.2, 0.25) is 5.91 Å². The van der Waals surface area contributed by atoms with Crippen LogP contribution in [0, 0.1) is 5.92 Å². The molecule has 0 saturated carbocycles. The summed E-state index contributed by atoms with van der Waals surface area (Å²) in [4.78, 5) is 37.9. The highest BCUT2D eigenvalue weighted by Gasteiger charge is 2.23. The number of anilines is 1. The van der Waals surface area contributed by atoms with Crippen molar-refractivity contribution in [2.24, 2.45) is 5.92 Å². The van der Waals surface area contributed by atoms with Gasteiger partial charge in [-0.05, 0) is 62.3 Å². The van der Waals surface area contributed by atoms with Crippen LogP contribution in [0.25, 0.3) is 27.7 Å². The van der Waals surface area contributed by atoms with Crippen molar-refractivity contribution in [3.8, 4) is 11.1 Å². The first-order valence-electron chi connectivity index (χ1n) is 12.3. The molecule has 1 amide bonds. The van der Waals surface area contributed by atoms with E-state index in [-0.39, 0.29) is 17.4 Å². The van der Waals surface area contributed by atoms with Gasteiger partial charge in [0.1, 0.15) is 11.2 Å². The standard InChI is InChI=1S/C28H28N6O2/c1-33-11-3-4-19(16-33)27(35)32-21-8-6-18(7-9-21)12-22-14-31-28(36)25-13-20(17-34(22)25)24-15-30-26-23(24)5-2-10-29-26/h2,5-10,13-15,17,19H,3-4,11-12,16H2,1H3,(H,29,30)(H,31,36)(H,32,35). The lowest BCUT2D eigenvalue weighted by molar-refractivity contribution is -0.121. The fourth-order valence-electron chi connectivity index (χ4n) is 5.19. The number of piperidine rings is 1. The number of pyridine rings is 1. The number of nitrogens with one attached hydrogen (secondary N) is 3. The number of hydrogen-bond donors (Lipinski definition) is 3. The summed E-state index contributed by atoms with van der Waals surface area (Å²) in [7, 11) is 2.06. The first-order chi connectivity index (χ1) is 17.5. The fourth-order valence-corrected chi connectivity index (χ4v) is 5.19. The lowest BCUT2D eigenvalue weighted by Gasteiger charge is -2.28. The maximum Gasteiger partial charge on any atom is 0.272 e. The van der Waals surface area contributed by atoms with Gasteiger partial charge in [0.15, 0.2) is 0 Å². The minimum Gasteiger partial charge on any atom is -0.346 e. The van der Waals surface area contributed by atoms with Crippen molar-refractivity contribution >= 4 is 28.1 Å². The summed E-state index contributed by atoms with van der Waals surface area (Å²) in [5, 5.41) is 4.09. The van der Waals surface area contributed by atoms with Crippen LogP contribution in [0.15, 0.2) is 72.0 Å². The molecule has 0 aliphatic carbocycles. The Labute approximate surface area is 208 Å². The van der Waals surface area contributed by atoms with Gasteiger partial charge in [-0.2, -0.15) is 0 Å². The van der Waals surface area contributed by atoms with Crippen LogP contribution in [-0.4, -0.2) is 50.3 Å². The molecule has 0 radical (unpaired) electrons. The van der Waals surface area contributed by atoms with Crippen molar-refractivity contribution in [3.63, 3.8) is 0 Å². The van der Waals surface area contributed by atoms with Gasteiger partial charge >= 0.3 is 0 Å². The van der Waals surface area contributed by atoms with Crippen molar-refractivity contribution in [2.45, 2.75) is 19.3 Å². The number of rotatable bonds is 5. The van der Waals surface area contributed by atoms with E-state index >= 15 is 0 Å². The number of aromatic nitrogens is 4. The molecule has 5 aromatic rings. The zero-order chi connectivity index (χ0) is 24.6. The van der Waals surface area contributed by atoms with Crippen LogP contribution in [0.3, 0.4) is 0 Å². The molecule has 5 heterocycles. The summed E-state index contributed by atoms with van der Waals surface area (Å²) in [6, 6.07) is 13.8. The van der Waals surface area contributed by atoms with Crippen molar-refractivity contribution in [2.75, 3.05) is 25.5 Å². The normalized spacial score (nSPS) is 16.5. The van der Waals surface area contributed by atoms with Gasteiger partial charge in [0.05, 0.1) is 5.92 Å². The summed E-state index contributed by atoms with van der Waals surface area (Å²) in [6.07, 6.45) is 10.1. The average Bonchev–Trinajstić information content (AvgIpc) is 3.52. The van der Waals surface area contributed by atoms with Gasteiger partial charge in [-0.1, -0.05) is 12.1 Å². The highest BCUT2D eigenvalue weighted by atomic mass is 16.2. The van der Waals surface area contributed by atoms with Crippen molar-refractivity contribution < 1.29 is 4.79 Å². The molecule has 1 aromatic carbocycles. The predicted octanol–water partition coefficient (Wildman–Crippen LogP) is 4.04. The van der Waals surface area contributed by atoms with E-state index in [1.165, 1.54) is 0 Å². The third-order valence-corrected chi connectivity index (χ3v) is 7.10. The van der Waals surface area contributed by atoms with Crippen LogP contribution in [-0.2, 0) is 11.2 Å². The molecule has 8 nitrogen and oxygen atoms in total. The van der Waals surface area contributed by atoms with Gasteiger partial charge < -0.3 is 24.6 Å². The highest BCUT2D eigenvalue weighted by Crippen LogP contribution is 2.29. The maximum atomic E-state index is 12.7. The smallest absolute Gasteiger partial charge is 0.272 e. The third kappa shape index (κ3) is 4.20. The largest absolute Gasteiger partial charge is 0.346 e. The molecule has 1 saturated heterocycles. The van der Waals surface area contributed by atoms with Crippen LogP contribution in [0.2, 0.25) is 0 Å². The molecule has 4 aromatic heterocycles. The number of carbonyl (C=O) groups excluding carboxylic acids is 1. The quantitative estimate of drug-likeness (QED) is 0.354. The van der Waals surface area contributed by atoms with Crippen LogP contribution >= 0.6 is 0 Å². The molecule has 0 bridgehead atoms. The monoisotopic (exact) mass is 480 g/mol. The second-order valence-electron chi connectivity index (χ2n) is 9.66. The maximum absolute atomic E-state index is 12.7. The number of H-pyrrole nitrogens is 2. The molecule has 1 unspecified atom stereocenters. The SMILES string of the molecule is CN1CCCC(C(=O)Nc2ccc(Cc3c[nH]c(=O)c4cc(-c5c[nH]c6ncccc56)cn34)cc2)C1. The minimum absolute atomic E-state index is 0.0359. The molecule has 8 heteroatoms. The number of likely N-dealkylation sites (tertiary alicyclic amines) is 1. The molecular weight excluding hydrogens is 452 g/mol. The van der Waals surface area contributed by atoms with Gasteiger partial charge in [-0.15, -0.1) is 0 Å². The van der Waals surface area contributed by atoms with Gasteiger partial charge in [-0.25, -0.2) is 4.98 Å². The van der Waals surface area contributed by atoms with Gasteiger partial charge in [0.25, 0.3) is 5.56 Å². The van der Waals surface area contributed by atoms with E-state index in [1.54, 1.807) is 12.4 Å². The zero-order valence-corrected chi connectivity index (χ0v) is 20.1. The number of hydrogen-bond acceptors (Lipinski definition) is 4. The molecule has 1 atom stereocenters. The lowest BCUT2D eigenvalue weighted by atomic mass is 9.97. The Morgan fingerprint density at radius 3 is 2.86 bits per heavy atom. The van der Waals surface area contributed by atoms with Crippen molar-refractivity contribution in [1.82, 2.24) is 24.3 Å². The fraction of sp³-hybridized carbons (Fsp3) is 0.250. The third-order valence-electron chi connectivity index (χ3n) is 7.10. The first-order valence-corrected chi connectivity index (χ1v) is 12.3. The van der Waals surface area contributed by atoms with E-state index in [2.05, 4.69) is 32.2 Å². The Morgan fingerprint density at radius 2 is 2.03 bits per heavy atom. The number of nitrogens with zero attached hydrogens (tertiary/aromatic N) is 3. The summed E-state index contributed by atoms with van der Waals surface area (Å²) >= 11 is 0. The van der Waals surface area contributed by atoms with Crippen LogP contribution in [0.1, 0.15) is 24.1 Å². The molecule has 1 fully saturated rings. The van der Waals surface area contributed by atoms with E-state index in [1.807, 2.05) is 59.3 Å². The van der Waals surface area contributed by atoms with Gasteiger partial charge in [0, 0.05) is 65.6 Å². The predicted molar refractivity (Wildman–Crippen MR) is 141 cm³/mol. The molecule has 0 spiro atoms. The summed E-state index contributed by atoms with van der Waals surface area (Å²) < 4.78 is 1.96. The molecule has 36 heavy (non-hydrogen) atoms. The summed E-state index contributed by atoms with van der Waals surface area (Å²) in [5.41, 5.74) is 6.12. The minimum atomic E-state index is -0.130. The van der Waals surface area contributed by atoms with Crippen molar-refractivity contribution in [3.05, 3.63) is 88.9 Å². The number of benzene rings is 1. The molecule has 3 N–H and O–H groups in total. The number of amides is 1. The highest BCUT2D eigenvalue weighted by molar-refractivity contribution is 5.94. The number of fused-ring (bicyclic) bond motifs is 2. The van der Waals surface area contributed by atoms with E-state index < -0.39 is 0 Å². The van der Waals surface area contributed by atoms with E-state index in [0.29, 0.717) is 11.9 Å². The second kappa shape index (κ2) is 9.13. The van der Waals surface area contributed by atoms with E-state index in [0.717, 1.165) is 65.0 Å². The van der Waals surface area contributed by atoms with Crippen LogP contribution < -0.4 is 10.9 Å². The summed E-state index contributed by atoms with van der Waals surface area (Å²) in [6.45, 7) is 1.86. The Kier molecular flexibility index (Phi) is 5.65. The molecular formula is C28H28N6O2. The lowest BCUT2D eigenvalue weighted by Crippen LogP contribution is -2.38. The first kappa shape index (κ1) is 22.3. The van der Waals surface area contributed by atoms with Crippen LogP contribution in [0.5, 0.6) is 0 Å². The topological polar surface area (TPSA) is 98.3 Å². The second-order valence-corrected chi connectivity index (χ2v) is 9.66. The molecule has 1 aliphatic heterocycles.